The molecule has 4 rings (SSSR count). The van der Waals surface area contributed by atoms with E-state index in [1.165, 1.54) is 23.1 Å². The number of benzene rings is 2. The molecule has 7 nitrogen and oxygen atoms in total. The predicted octanol–water partition coefficient (Wildman–Crippen LogP) is 3.24. The third-order valence-electron chi connectivity index (χ3n) is 7.59. The summed E-state index contributed by atoms with van der Waals surface area (Å²) in [5.74, 6) is 0.174. The maximum Gasteiger partial charge on any atom is 0.494 e. The molecule has 1 unspecified atom stereocenters. The van der Waals surface area contributed by atoms with Gasteiger partial charge in [-0.2, -0.15) is 8.78 Å². The smallest absolute Gasteiger partial charge is 0.433 e. The largest absolute Gasteiger partial charge is 0.494 e. The summed E-state index contributed by atoms with van der Waals surface area (Å²) in [4.78, 5) is 18.5. The molecule has 39 heavy (non-hydrogen) atoms. The third-order valence-corrected chi connectivity index (χ3v) is 7.59. The number of para-hydroxylation sites is 1. The quantitative estimate of drug-likeness (QED) is 0.314. The molecular weight excluding hydrogens is 500 g/mol. The van der Waals surface area contributed by atoms with E-state index in [0.717, 1.165) is 0 Å². The molecule has 0 spiro atoms. The fourth-order valence-corrected chi connectivity index (χ4v) is 4.66. The number of fused-ring (bicyclic) bond motifs is 1. The molecule has 0 saturated carbocycles. The van der Waals surface area contributed by atoms with Gasteiger partial charge in [0.15, 0.2) is 12.0 Å². The molecule has 0 bridgehead atoms. The highest BCUT2D eigenvalue weighted by Gasteiger charge is 2.51. The lowest BCUT2D eigenvalue weighted by Crippen LogP contribution is -2.50. The Morgan fingerprint density at radius 2 is 1.79 bits per heavy atom. The summed E-state index contributed by atoms with van der Waals surface area (Å²) in [5, 5.41) is -1.72. The monoisotopic (exact) mass is 529 g/mol. The molecule has 1 saturated heterocycles. The summed E-state index contributed by atoms with van der Waals surface area (Å²) in [6.45, 7) is 6.55. The van der Waals surface area contributed by atoms with Crippen molar-refractivity contribution >= 4 is 53.4 Å². The standard InChI is InChI=1S/C26H29B4F2N3O4/c1-7-18(34(6)26(27,28)29)22-33-17-12-11-16(30-38-24(2,3)25(4,5)39-30)13-19(17)35(22)21-15(14-36)9-8-10-20(21)37-23(31)32/h8-14,18,23H,7H2,1-6H3. The Bertz CT molecular complexity index is 1360. The maximum absolute atomic E-state index is 13.5. The lowest BCUT2D eigenvalue weighted by atomic mass is 9.48. The Balaban J connectivity index is 2.03. The van der Waals surface area contributed by atoms with Crippen molar-refractivity contribution in [3.05, 3.63) is 47.8 Å². The second kappa shape index (κ2) is 10.4. The molecule has 13 heteroatoms. The van der Waals surface area contributed by atoms with Crippen LogP contribution in [0.15, 0.2) is 36.4 Å². The van der Waals surface area contributed by atoms with E-state index in [-0.39, 0.29) is 17.0 Å². The normalized spacial score (nSPS) is 17.7. The minimum atomic E-state index is -3.13. The molecule has 0 aliphatic carbocycles. The van der Waals surface area contributed by atoms with E-state index in [4.69, 9.17) is 42.6 Å². The van der Waals surface area contributed by atoms with Crippen LogP contribution in [-0.2, 0) is 9.31 Å². The second-order valence-corrected chi connectivity index (χ2v) is 10.8. The van der Waals surface area contributed by atoms with Crippen molar-refractivity contribution in [3.63, 3.8) is 0 Å². The van der Waals surface area contributed by atoms with Crippen molar-refractivity contribution < 1.29 is 27.6 Å². The number of rotatable bonds is 9. The molecular formula is C26H29B4F2N3O4. The van der Waals surface area contributed by atoms with Crippen LogP contribution < -0.4 is 10.2 Å². The van der Waals surface area contributed by atoms with Gasteiger partial charge in [-0.25, -0.2) is 4.98 Å². The number of carbonyl (C=O) groups excluding carboxylic acids is 1. The first-order valence-electron chi connectivity index (χ1n) is 12.6. The molecule has 1 aromatic heterocycles. The molecule has 198 valence electrons. The third kappa shape index (κ3) is 5.41. The van der Waals surface area contributed by atoms with E-state index in [1.807, 2.05) is 40.7 Å². The van der Waals surface area contributed by atoms with E-state index in [0.29, 0.717) is 35.0 Å². The summed E-state index contributed by atoms with van der Waals surface area (Å²) in [7, 11) is 19.0. The number of aromatic nitrogens is 2. The zero-order valence-electron chi connectivity index (χ0n) is 22.9. The van der Waals surface area contributed by atoms with Crippen LogP contribution in [0.25, 0.3) is 16.7 Å². The number of halogens is 2. The molecule has 3 aromatic rings. The van der Waals surface area contributed by atoms with Crippen LogP contribution >= 0.6 is 0 Å². The number of imidazole rings is 1. The SMILES string of the molecule is [B]C([B])([B])N(C)C(CC)c1nc2ccc(B3OC(C)(C)C(C)(C)O3)cc2n1-c1c(C=O)cccc1OC(F)F. The van der Waals surface area contributed by atoms with Gasteiger partial charge < -0.3 is 18.9 Å². The van der Waals surface area contributed by atoms with Gasteiger partial charge in [-0.1, -0.05) is 24.3 Å². The lowest BCUT2D eigenvalue weighted by molar-refractivity contribution is -0.0498. The molecule has 1 fully saturated rings. The number of carbonyl (C=O) groups is 1. The second-order valence-electron chi connectivity index (χ2n) is 10.8. The van der Waals surface area contributed by atoms with E-state index in [2.05, 4.69) is 0 Å². The summed E-state index contributed by atoms with van der Waals surface area (Å²) in [5.41, 5.74) is 0.769. The minimum absolute atomic E-state index is 0.0971. The molecule has 0 N–H and O–H groups in total. The van der Waals surface area contributed by atoms with Crippen molar-refractivity contribution in [1.82, 2.24) is 14.5 Å². The summed E-state index contributed by atoms with van der Waals surface area (Å²) >= 11 is 0. The van der Waals surface area contributed by atoms with Crippen LogP contribution in [0.1, 0.15) is 63.3 Å². The number of hydrogen-bond acceptors (Lipinski definition) is 6. The van der Waals surface area contributed by atoms with E-state index >= 15 is 0 Å². The first kappa shape index (κ1) is 29.4. The first-order chi connectivity index (χ1) is 18.1. The van der Waals surface area contributed by atoms with Crippen LogP contribution in [0.2, 0.25) is 0 Å². The van der Waals surface area contributed by atoms with Gasteiger partial charge in [0.05, 0.1) is 51.8 Å². The Hall–Kier alpha value is -2.62. The van der Waals surface area contributed by atoms with Gasteiger partial charge in [0.2, 0.25) is 0 Å². The van der Waals surface area contributed by atoms with E-state index < -0.39 is 36.2 Å². The van der Waals surface area contributed by atoms with Crippen molar-refractivity contribution in [2.24, 2.45) is 0 Å². The Morgan fingerprint density at radius 3 is 2.33 bits per heavy atom. The summed E-state index contributed by atoms with van der Waals surface area (Å²) < 4.78 is 45.9. The summed E-state index contributed by atoms with van der Waals surface area (Å²) in [6, 6.07) is 9.18. The zero-order chi connectivity index (χ0) is 28.9. The van der Waals surface area contributed by atoms with Gasteiger partial charge in [-0.05, 0) is 70.9 Å². The maximum atomic E-state index is 13.5. The predicted molar refractivity (Wildman–Crippen MR) is 150 cm³/mol. The van der Waals surface area contributed by atoms with Crippen molar-refractivity contribution in [3.8, 4) is 11.4 Å². The average Bonchev–Trinajstić information content (AvgIpc) is 3.30. The van der Waals surface area contributed by atoms with Crippen LogP contribution in [0.3, 0.4) is 0 Å². The molecule has 1 aliphatic heterocycles. The number of hydrogen-bond donors (Lipinski definition) is 0. The first-order valence-corrected chi connectivity index (χ1v) is 12.6. The van der Waals surface area contributed by atoms with Crippen LogP contribution in [-0.4, -0.2) is 81.5 Å². The molecule has 1 aliphatic rings. The van der Waals surface area contributed by atoms with Crippen molar-refractivity contribution in [2.45, 2.75) is 70.1 Å². The van der Waals surface area contributed by atoms with Crippen molar-refractivity contribution in [2.75, 3.05) is 7.05 Å². The van der Waals surface area contributed by atoms with Gasteiger partial charge in [-0.3, -0.25) is 9.36 Å². The number of nitrogens with zero attached hydrogens (tertiary/aromatic N) is 3. The Labute approximate surface area is 231 Å². The number of aldehydes is 1. The Morgan fingerprint density at radius 1 is 1.15 bits per heavy atom. The number of alkyl halides is 2. The van der Waals surface area contributed by atoms with E-state index in [9.17, 15) is 13.6 Å². The molecule has 6 radical (unpaired) electrons. The molecule has 0 amide bonds. The fourth-order valence-electron chi connectivity index (χ4n) is 4.66. The van der Waals surface area contributed by atoms with Gasteiger partial charge in [-0.15, -0.1) is 0 Å². The summed E-state index contributed by atoms with van der Waals surface area (Å²) in [6.07, 6.45) is 1.02. The van der Waals surface area contributed by atoms with Gasteiger partial charge in [0, 0.05) is 5.56 Å². The number of ether oxygens (including phenoxy) is 1. The lowest BCUT2D eigenvalue weighted by Gasteiger charge is -2.39. The van der Waals surface area contributed by atoms with Crippen LogP contribution in [0.4, 0.5) is 8.78 Å². The molecule has 2 aromatic carbocycles. The zero-order valence-corrected chi connectivity index (χ0v) is 22.9. The minimum Gasteiger partial charge on any atom is -0.433 e. The fraction of sp³-hybridized carbons (Fsp3) is 0.462. The highest BCUT2D eigenvalue weighted by atomic mass is 19.3. The van der Waals surface area contributed by atoms with Crippen LogP contribution in [0.5, 0.6) is 5.75 Å². The van der Waals surface area contributed by atoms with Gasteiger partial charge in [0.1, 0.15) is 11.5 Å². The highest BCUT2D eigenvalue weighted by molar-refractivity contribution is 6.62. The topological polar surface area (TPSA) is 65.8 Å². The van der Waals surface area contributed by atoms with Gasteiger partial charge in [0.25, 0.3) is 0 Å². The van der Waals surface area contributed by atoms with E-state index in [1.54, 1.807) is 23.7 Å². The molecule has 2 heterocycles. The van der Waals surface area contributed by atoms with Gasteiger partial charge >= 0.3 is 13.7 Å². The Kier molecular flexibility index (Phi) is 7.84. The highest BCUT2D eigenvalue weighted by Crippen LogP contribution is 2.39. The molecule has 1 atom stereocenters. The average molecular weight is 529 g/mol. The van der Waals surface area contributed by atoms with Crippen molar-refractivity contribution in [1.29, 1.82) is 0 Å². The van der Waals surface area contributed by atoms with Crippen LogP contribution in [0, 0.1) is 0 Å².